The number of benzene rings is 2. The molecule has 1 atom stereocenters. The van der Waals surface area contributed by atoms with Crippen molar-refractivity contribution in [1.29, 1.82) is 0 Å². The van der Waals surface area contributed by atoms with Crippen LogP contribution in [0.15, 0.2) is 48.5 Å². The number of anilines is 2. The lowest BCUT2D eigenvalue weighted by atomic mass is 10.1. The Hall–Kier alpha value is -3.66. The minimum Gasteiger partial charge on any atom is -0.312 e. The molecule has 0 bridgehead atoms. The first-order valence-electron chi connectivity index (χ1n) is 9.73. The highest BCUT2D eigenvalue weighted by Gasteiger charge is 2.34. The van der Waals surface area contributed by atoms with Crippen molar-refractivity contribution in [2.24, 2.45) is 0 Å². The van der Waals surface area contributed by atoms with Crippen LogP contribution in [-0.4, -0.2) is 33.5 Å². The van der Waals surface area contributed by atoms with Crippen molar-refractivity contribution in [1.82, 2.24) is 10.2 Å². The van der Waals surface area contributed by atoms with E-state index < -0.39 is 10.8 Å². The molecule has 2 aromatic carbocycles. The van der Waals surface area contributed by atoms with Gasteiger partial charge < -0.3 is 4.90 Å². The molecule has 0 aliphatic carbocycles. The minimum absolute atomic E-state index is 0.0286. The maximum absolute atomic E-state index is 12.5. The van der Waals surface area contributed by atoms with E-state index in [4.69, 9.17) is 0 Å². The fourth-order valence-electron chi connectivity index (χ4n) is 3.39. The van der Waals surface area contributed by atoms with Crippen LogP contribution in [0.4, 0.5) is 16.5 Å². The van der Waals surface area contributed by atoms with E-state index >= 15 is 0 Å². The average molecular weight is 437 g/mol. The summed E-state index contributed by atoms with van der Waals surface area (Å²) in [7, 11) is 0. The van der Waals surface area contributed by atoms with E-state index in [1.807, 2.05) is 24.3 Å². The number of hydrogen-bond acceptors (Lipinski definition) is 7. The van der Waals surface area contributed by atoms with Crippen LogP contribution in [0.25, 0.3) is 0 Å². The SMILES string of the molecule is CCc1ccc(N2CC(c3nnc(NC(=O)c4ccc([N+](=O)[O-])cc4)s3)CC2=O)cc1. The van der Waals surface area contributed by atoms with E-state index in [1.54, 1.807) is 4.90 Å². The molecular formula is C21H19N5O4S. The van der Waals surface area contributed by atoms with Crippen molar-refractivity contribution in [2.75, 3.05) is 16.8 Å². The first kappa shape index (κ1) is 20.6. The van der Waals surface area contributed by atoms with Crippen LogP contribution >= 0.6 is 11.3 Å². The standard InChI is InChI=1S/C21H19N5O4S/c1-2-13-3-7-16(8-4-13)25-12-15(11-18(25)27)20-23-24-21(31-20)22-19(28)14-5-9-17(10-6-14)26(29)30/h3-10,15H,2,11-12H2,1H3,(H,22,24,28). The van der Waals surface area contributed by atoms with Crippen molar-refractivity contribution < 1.29 is 14.5 Å². The van der Waals surface area contributed by atoms with E-state index in [0.29, 0.717) is 23.1 Å². The third-order valence-corrected chi connectivity index (χ3v) is 6.13. The van der Waals surface area contributed by atoms with Crippen LogP contribution in [0.3, 0.4) is 0 Å². The lowest BCUT2D eigenvalue weighted by molar-refractivity contribution is -0.384. The van der Waals surface area contributed by atoms with Crippen molar-refractivity contribution in [3.63, 3.8) is 0 Å². The predicted molar refractivity (Wildman–Crippen MR) is 116 cm³/mol. The molecule has 0 saturated carbocycles. The van der Waals surface area contributed by atoms with Crippen molar-refractivity contribution in [3.05, 3.63) is 74.8 Å². The van der Waals surface area contributed by atoms with Crippen LogP contribution in [0.2, 0.25) is 0 Å². The first-order chi connectivity index (χ1) is 14.9. The second-order valence-corrected chi connectivity index (χ2v) is 8.14. The molecule has 2 amide bonds. The number of hydrogen-bond donors (Lipinski definition) is 1. The molecule has 1 aromatic heterocycles. The van der Waals surface area contributed by atoms with Crippen LogP contribution in [0.1, 0.15) is 40.2 Å². The van der Waals surface area contributed by atoms with Gasteiger partial charge >= 0.3 is 0 Å². The predicted octanol–water partition coefficient (Wildman–Crippen LogP) is 3.78. The van der Waals surface area contributed by atoms with E-state index in [-0.39, 0.29) is 23.1 Å². The van der Waals surface area contributed by atoms with Crippen molar-refractivity contribution in [3.8, 4) is 0 Å². The highest BCUT2D eigenvalue weighted by molar-refractivity contribution is 7.15. The zero-order valence-electron chi connectivity index (χ0n) is 16.6. The molecule has 1 aliphatic rings. The monoisotopic (exact) mass is 437 g/mol. The van der Waals surface area contributed by atoms with Gasteiger partial charge in [-0.25, -0.2) is 0 Å². The van der Waals surface area contributed by atoms with E-state index in [0.717, 1.165) is 12.1 Å². The highest BCUT2D eigenvalue weighted by Crippen LogP contribution is 2.34. The molecule has 1 saturated heterocycles. The number of nitro groups is 1. The van der Waals surface area contributed by atoms with Gasteiger partial charge in [-0.3, -0.25) is 25.0 Å². The lowest BCUT2D eigenvalue weighted by Gasteiger charge is -2.16. The summed E-state index contributed by atoms with van der Waals surface area (Å²) in [6, 6.07) is 13.3. The maximum atomic E-state index is 12.5. The number of aromatic nitrogens is 2. The third-order valence-electron chi connectivity index (χ3n) is 5.13. The van der Waals surface area contributed by atoms with Crippen LogP contribution in [-0.2, 0) is 11.2 Å². The molecule has 1 N–H and O–H groups in total. The zero-order chi connectivity index (χ0) is 22.0. The molecule has 1 unspecified atom stereocenters. The van der Waals surface area contributed by atoms with Crippen LogP contribution < -0.4 is 10.2 Å². The van der Waals surface area contributed by atoms with Gasteiger partial charge in [0.2, 0.25) is 11.0 Å². The number of aryl methyl sites for hydroxylation is 1. The van der Waals surface area contributed by atoms with Gasteiger partial charge in [-0.2, -0.15) is 0 Å². The summed E-state index contributed by atoms with van der Waals surface area (Å²) in [6.45, 7) is 2.59. The highest BCUT2D eigenvalue weighted by atomic mass is 32.1. The number of nitrogens with one attached hydrogen (secondary N) is 1. The van der Waals surface area contributed by atoms with Crippen molar-refractivity contribution >= 4 is 39.7 Å². The fraction of sp³-hybridized carbons (Fsp3) is 0.238. The van der Waals surface area contributed by atoms with Crippen LogP contribution in [0.5, 0.6) is 0 Å². The summed E-state index contributed by atoms with van der Waals surface area (Å²) < 4.78 is 0. The summed E-state index contributed by atoms with van der Waals surface area (Å²) in [4.78, 5) is 36.8. The zero-order valence-corrected chi connectivity index (χ0v) is 17.5. The van der Waals surface area contributed by atoms with Gasteiger partial charge in [-0.05, 0) is 36.2 Å². The second kappa shape index (κ2) is 8.60. The number of carbonyl (C=O) groups is 2. The average Bonchev–Trinajstić information content (AvgIpc) is 3.40. The molecule has 10 heteroatoms. The van der Waals surface area contributed by atoms with Gasteiger partial charge in [0.05, 0.1) is 4.92 Å². The van der Waals surface area contributed by atoms with Crippen molar-refractivity contribution in [2.45, 2.75) is 25.7 Å². The Morgan fingerprint density at radius 1 is 1.19 bits per heavy atom. The summed E-state index contributed by atoms with van der Waals surface area (Å²) in [5.41, 5.74) is 2.26. The summed E-state index contributed by atoms with van der Waals surface area (Å²) in [5.74, 6) is -0.500. The molecule has 3 aromatic rings. The van der Waals surface area contributed by atoms with Gasteiger partial charge in [0.25, 0.3) is 11.6 Å². The first-order valence-corrected chi connectivity index (χ1v) is 10.5. The van der Waals surface area contributed by atoms with Gasteiger partial charge in [0.1, 0.15) is 5.01 Å². The molecule has 0 spiro atoms. The topological polar surface area (TPSA) is 118 Å². The summed E-state index contributed by atoms with van der Waals surface area (Å²) in [6.07, 6.45) is 1.27. The molecule has 31 heavy (non-hydrogen) atoms. The Kier molecular flexibility index (Phi) is 5.72. The molecule has 0 radical (unpaired) electrons. The number of non-ortho nitro benzene ring substituents is 1. The molecule has 4 rings (SSSR count). The molecule has 1 fully saturated rings. The van der Waals surface area contributed by atoms with E-state index in [9.17, 15) is 19.7 Å². The number of nitrogens with zero attached hydrogens (tertiary/aromatic N) is 4. The molecule has 9 nitrogen and oxygen atoms in total. The molecule has 1 aliphatic heterocycles. The third kappa shape index (κ3) is 4.43. The van der Waals surface area contributed by atoms with Crippen LogP contribution in [0, 0.1) is 10.1 Å². The van der Waals surface area contributed by atoms with E-state index in [1.165, 1.54) is 41.2 Å². The Morgan fingerprint density at radius 2 is 1.90 bits per heavy atom. The largest absolute Gasteiger partial charge is 0.312 e. The Bertz CT molecular complexity index is 1130. The smallest absolute Gasteiger partial charge is 0.269 e. The molecule has 158 valence electrons. The Morgan fingerprint density at radius 3 is 2.55 bits per heavy atom. The van der Waals surface area contributed by atoms with Gasteiger partial charge in [-0.15, -0.1) is 10.2 Å². The number of rotatable bonds is 6. The molecular weight excluding hydrogens is 418 g/mol. The lowest BCUT2D eigenvalue weighted by Crippen LogP contribution is -2.24. The second-order valence-electron chi connectivity index (χ2n) is 7.13. The Balaban J connectivity index is 1.42. The Labute approximate surface area is 181 Å². The molecule has 2 heterocycles. The summed E-state index contributed by atoms with van der Waals surface area (Å²) in [5, 5.41) is 22.6. The number of amides is 2. The van der Waals surface area contributed by atoms with Gasteiger partial charge in [0, 0.05) is 42.3 Å². The van der Waals surface area contributed by atoms with Gasteiger partial charge in [0.15, 0.2) is 0 Å². The number of nitro benzene ring substituents is 1. The summed E-state index contributed by atoms with van der Waals surface area (Å²) >= 11 is 1.23. The normalized spacial score (nSPS) is 15.8. The minimum atomic E-state index is -0.525. The maximum Gasteiger partial charge on any atom is 0.269 e. The van der Waals surface area contributed by atoms with Gasteiger partial charge in [-0.1, -0.05) is 30.4 Å². The van der Waals surface area contributed by atoms with E-state index in [2.05, 4.69) is 22.4 Å². The fourth-order valence-corrected chi connectivity index (χ4v) is 4.22. The quantitative estimate of drug-likeness (QED) is 0.463. The number of carbonyl (C=O) groups excluding carboxylic acids is 2.